The third-order valence-electron chi connectivity index (χ3n) is 13.0. The fourth-order valence-electron chi connectivity index (χ4n) is 9.99. The molecule has 0 heterocycles. The molecule has 0 saturated carbocycles. The molecule has 1 aliphatic rings. The molecule has 0 spiro atoms. The molecule has 0 radical (unpaired) electrons. The van der Waals surface area contributed by atoms with Crippen LogP contribution in [0.5, 0.6) is 0 Å². The molecule has 1 heteroatoms. The van der Waals surface area contributed by atoms with Crippen molar-refractivity contribution < 1.29 is 0 Å². The summed E-state index contributed by atoms with van der Waals surface area (Å²) >= 11 is 0. The van der Waals surface area contributed by atoms with E-state index in [0.717, 1.165) is 24.2 Å². The van der Waals surface area contributed by atoms with Crippen molar-refractivity contribution in [1.29, 1.82) is 0 Å². The molecule has 1 unspecified atom stereocenters. The minimum Gasteiger partial charge on any atom is -0.310 e. The van der Waals surface area contributed by atoms with E-state index in [4.69, 9.17) is 0 Å². The van der Waals surface area contributed by atoms with Gasteiger partial charge >= 0.3 is 0 Å². The Morgan fingerprint density at radius 3 is 1.41 bits per heavy atom. The molecule has 1 atom stereocenters. The van der Waals surface area contributed by atoms with E-state index in [1.165, 1.54) is 107 Å². The highest BCUT2D eigenvalue weighted by Gasteiger charge is 2.35. The number of rotatable bonds is 10. The Labute approximate surface area is 415 Å². The van der Waals surface area contributed by atoms with Gasteiger partial charge in [0, 0.05) is 22.9 Å². The van der Waals surface area contributed by atoms with E-state index in [1.54, 1.807) is 0 Å². The van der Waals surface area contributed by atoms with Gasteiger partial charge in [-0.1, -0.05) is 231 Å². The molecule has 69 heavy (non-hydrogen) atoms. The highest BCUT2D eigenvalue weighted by molar-refractivity contribution is 5.99. The fraction of sp³-hybridized carbons (Fsp3) is 0.206. The topological polar surface area (TPSA) is 3.24 Å². The van der Waals surface area contributed by atoms with Crippen molar-refractivity contribution in [2.75, 3.05) is 4.90 Å². The van der Waals surface area contributed by atoms with E-state index in [1.807, 2.05) is 27.7 Å². The van der Waals surface area contributed by atoms with E-state index in [-0.39, 0.29) is 0 Å². The van der Waals surface area contributed by atoms with Crippen molar-refractivity contribution in [3.63, 3.8) is 0 Å². The maximum Gasteiger partial charge on any atom is 0.0543 e. The lowest BCUT2D eigenvalue weighted by atomic mass is 9.85. The van der Waals surface area contributed by atoms with Gasteiger partial charge in [-0.15, -0.1) is 0 Å². The normalized spacial score (nSPS) is 11.9. The molecule has 0 N–H and O–H groups in total. The monoisotopic (exact) mass is 902 g/mol. The van der Waals surface area contributed by atoms with E-state index in [9.17, 15) is 0 Å². The van der Waals surface area contributed by atoms with Crippen molar-refractivity contribution >= 4 is 17.1 Å². The van der Waals surface area contributed by atoms with E-state index in [0.29, 0.717) is 5.92 Å². The SMILES string of the molecule is CC.CC.CCC.CCCC1c2ccccc2-c2c(N(c3ccc(-c4cccc(-c5ccccc5C)c4C)cc3)c3cc(-c4ccccc4)cc(-c4ccccc4)c3)ccc(-c3ccccc3C)c21. The quantitative estimate of drug-likeness (QED) is 0.132. The van der Waals surface area contributed by atoms with Crippen LogP contribution in [0.1, 0.15) is 101 Å². The van der Waals surface area contributed by atoms with Gasteiger partial charge in [0.15, 0.2) is 0 Å². The van der Waals surface area contributed by atoms with Crippen LogP contribution in [0.15, 0.2) is 206 Å². The lowest BCUT2D eigenvalue weighted by molar-refractivity contribution is 0.712. The zero-order chi connectivity index (χ0) is 48.9. The Morgan fingerprint density at radius 2 is 0.855 bits per heavy atom. The third kappa shape index (κ3) is 10.4. The van der Waals surface area contributed by atoms with Gasteiger partial charge in [0.05, 0.1) is 5.69 Å². The number of aryl methyl sites for hydroxylation is 2. The molecule has 0 saturated heterocycles. The summed E-state index contributed by atoms with van der Waals surface area (Å²) in [7, 11) is 0. The molecule has 0 aliphatic heterocycles. The molecular formula is C68H71N. The summed E-state index contributed by atoms with van der Waals surface area (Å²) in [4.78, 5) is 2.53. The summed E-state index contributed by atoms with van der Waals surface area (Å²) < 4.78 is 0. The van der Waals surface area contributed by atoms with E-state index >= 15 is 0 Å². The highest BCUT2D eigenvalue weighted by atomic mass is 15.1. The Bertz CT molecular complexity index is 3010. The first kappa shape index (κ1) is 49.7. The molecule has 348 valence electrons. The minimum atomic E-state index is 0.295. The van der Waals surface area contributed by atoms with Crippen LogP contribution in [0, 0.1) is 20.8 Å². The maximum atomic E-state index is 2.53. The second kappa shape index (κ2) is 23.7. The molecule has 0 amide bonds. The lowest BCUT2D eigenvalue weighted by Gasteiger charge is -2.30. The van der Waals surface area contributed by atoms with Gasteiger partial charge in [0.1, 0.15) is 0 Å². The number of nitrogens with zero attached hydrogens (tertiary/aromatic N) is 1. The van der Waals surface area contributed by atoms with Gasteiger partial charge in [-0.25, -0.2) is 0 Å². The zero-order valence-electron chi connectivity index (χ0n) is 42.8. The average Bonchev–Trinajstić information content (AvgIpc) is 3.73. The third-order valence-corrected chi connectivity index (χ3v) is 13.0. The van der Waals surface area contributed by atoms with Crippen LogP contribution in [-0.2, 0) is 0 Å². The van der Waals surface area contributed by atoms with Gasteiger partial charge in [-0.2, -0.15) is 0 Å². The van der Waals surface area contributed by atoms with Crippen LogP contribution in [0.3, 0.4) is 0 Å². The molecule has 1 nitrogen and oxygen atoms in total. The second-order valence-corrected chi connectivity index (χ2v) is 17.5. The van der Waals surface area contributed by atoms with Crippen LogP contribution in [-0.4, -0.2) is 0 Å². The maximum absolute atomic E-state index is 2.53. The predicted octanol–water partition coefficient (Wildman–Crippen LogP) is 20.8. The Hall–Kier alpha value is -7.22. The van der Waals surface area contributed by atoms with Crippen molar-refractivity contribution in [3.8, 4) is 66.8 Å². The summed E-state index contributed by atoms with van der Waals surface area (Å²) in [5.41, 5.74) is 25.3. The van der Waals surface area contributed by atoms with E-state index in [2.05, 4.69) is 253 Å². The summed E-state index contributed by atoms with van der Waals surface area (Å²) in [5.74, 6) is 0.295. The standard InChI is InChI=1S/C61H51N.C3H8.2C2H6/c1-5-19-56-55-28-16-17-29-57(55)61-59(37-36-58(60(56)61)52-27-15-13-21-42(52)3)62(50-39-47(44-22-8-6-9-23-44)38-48(40-50)45-24-10-7-11-25-45)49-34-32-46(33-35-49)53-30-18-31-54(43(53)4)51-26-14-12-20-41(51)2;1-3-2;2*1-2/h6-18,20-40,56H,5,19H2,1-4H3;3H2,1-2H3;2*1-2H3. The number of anilines is 3. The van der Waals surface area contributed by atoms with Crippen LogP contribution >= 0.6 is 0 Å². The van der Waals surface area contributed by atoms with Crippen LogP contribution < -0.4 is 4.90 Å². The molecule has 0 bridgehead atoms. The summed E-state index contributed by atoms with van der Waals surface area (Å²) in [6, 6.07) is 76.4. The number of fused-ring (bicyclic) bond motifs is 3. The average molecular weight is 902 g/mol. The molecular weight excluding hydrogens is 831 g/mol. The summed E-state index contributed by atoms with van der Waals surface area (Å²) in [5, 5.41) is 0. The van der Waals surface area contributed by atoms with Crippen molar-refractivity contribution in [3.05, 3.63) is 234 Å². The second-order valence-electron chi connectivity index (χ2n) is 17.5. The van der Waals surface area contributed by atoms with Crippen molar-refractivity contribution in [1.82, 2.24) is 0 Å². The first-order valence-corrected chi connectivity index (χ1v) is 25.5. The van der Waals surface area contributed by atoms with Gasteiger partial charge in [-0.3, -0.25) is 0 Å². The van der Waals surface area contributed by atoms with Crippen LogP contribution in [0.2, 0.25) is 0 Å². The highest BCUT2D eigenvalue weighted by Crippen LogP contribution is 2.56. The minimum absolute atomic E-state index is 0.295. The molecule has 9 aromatic rings. The molecule has 9 aromatic carbocycles. The van der Waals surface area contributed by atoms with Crippen molar-refractivity contribution in [2.24, 2.45) is 0 Å². The van der Waals surface area contributed by atoms with Gasteiger partial charge < -0.3 is 4.90 Å². The largest absolute Gasteiger partial charge is 0.310 e. The fourth-order valence-corrected chi connectivity index (χ4v) is 9.99. The van der Waals surface area contributed by atoms with Gasteiger partial charge in [0.2, 0.25) is 0 Å². The van der Waals surface area contributed by atoms with Gasteiger partial charge in [-0.05, 0) is 153 Å². The first-order valence-electron chi connectivity index (χ1n) is 25.5. The predicted molar refractivity (Wildman–Crippen MR) is 303 cm³/mol. The Morgan fingerprint density at radius 1 is 0.377 bits per heavy atom. The van der Waals surface area contributed by atoms with E-state index < -0.39 is 0 Å². The Kier molecular flexibility index (Phi) is 17.0. The van der Waals surface area contributed by atoms with Crippen LogP contribution in [0.25, 0.3) is 66.8 Å². The first-order chi connectivity index (χ1) is 33.9. The number of hydrogen-bond acceptors (Lipinski definition) is 1. The number of hydrogen-bond donors (Lipinski definition) is 0. The lowest BCUT2D eigenvalue weighted by Crippen LogP contribution is -2.12. The zero-order valence-corrected chi connectivity index (χ0v) is 42.8. The summed E-state index contributed by atoms with van der Waals surface area (Å²) in [6.45, 7) is 21.3. The molecule has 0 fully saturated rings. The molecule has 10 rings (SSSR count). The summed E-state index contributed by atoms with van der Waals surface area (Å²) in [6.07, 6.45) is 3.44. The van der Waals surface area contributed by atoms with Gasteiger partial charge in [0.25, 0.3) is 0 Å². The van der Waals surface area contributed by atoms with Crippen LogP contribution in [0.4, 0.5) is 17.1 Å². The number of benzene rings is 9. The molecule has 1 aliphatic carbocycles. The Balaban J connectivity index is 0.000000957. The van der Waals surface area contributed by atoms with Crippen molar-refractivity contribution in [2.45, 2.75) is 94.4 Å². The molecule has 0 aromatic heterocycles. The smallest absolute Gasteiger partial charge is 0.0543 e.